The SMILES string of the molecule is CCCCN1Cc2nnc(C3(C)CC3)n2-c2ncc(C)cc21. The number of hydrogen-bond donors (Lipinski definition) is 0. The van der Waals surface area contributed by atoms with Crippen LogP contribution in [0.25, 0.3) is 5.82 Å². The molecule has 2 aromatic heterocycles. The number of rotatable bonds is 4. The van der Waals surface area contributed by atoms with E-state index in [0.29, 0.717) is 0 Å². The molecule has 2 aliphatic rings. The topological polar surface area (TPSA) is 46.8 Å². The Kier molecular flexibility index (Phi) is 2.99. The van der Waals surface area contributed by atoms with Crippen LogP contribution < -0.4 is 4.90 Å². The lowest BCUT2D eigenvalue weighted by molar-refractivity contribution is 0.634. The smallest absolute Gasteiger partial charge is 0.163 e. The van der Waals surface area contributed by atoms with Crippen LogP contribution in [0, 0.1) is 6.92 Å². The lowest BCUT2D eigenvalue weighted by Gasteiger charge is -2.31. The lowest BCUT2D eigenvalue weighted by atomic mass is 10.1. The van der Waals surface area contributed by atoms with Gasteiger partial charge in [0.05, 0.1) is 12.2 Å². The molecule has 0 N–H and O–H groups in total. The second-order valence-corrected chi connectivity index (χ2v) is 6.97. The minimum atomic E-state index is 0.195. The fourth-order valence-corrected chi connectivity index (χ4v) is 3.20. The molecule has 0 atom stereocenters. The van der Waals surface area contributed by atoms with Crippen molar-refractivity contribution in [1.82, 2.24) is 19.7 Å². The third kappa shape index (κ3) is 2.02. The molecule has 1 fully saturated rings. The maximum Gasteiger partial charge on any atom is 0.163 e. The lowest BCUT2D eigenvalue weighted by Crippen LogP contribution is -2.32. The number of anilines is 1. The van der Waals surface area contributed by atoms with Crippen molar-refractivity contribution >= 4 is 5.69 Å². The highest BCUT2D eigenvalue weighted by Crippen LogP contribution is 2.48. The van der Waals surface area contributed by atoms with E-state index in [1.54, 1.807) is 0 Å². The molecule has 4 rings (SSSR count). The molecule has 0 bridgehead atoms. The highest BCUT2D eigenvalue weighted by atomic mass is 15.4. The Morgan fingerprint density at radius 3 is 2.82 bits per heavy atom. The number of fused-ring (bicyclic) bond motifs is 3. The fourth-order valence-electron chi connectivity index (χ4n) is 3.20. The molecule has 1 aliphatic heterocycles. The van der Waals surface area contributed by atoms with E-state index >= 15 is 0 Å². The van der Waals surface area contributed by atoms with Crippen molar-refractivity contribution in [3.05, 3.63) is 29.5 Å². The summed E-state index contributed by atoms with van der Waals surface area (Å²) in [5.41, 5.74) is 2.63. The molecule has 5 heteroatoms. The van der Waals surface area contributed by atoms with E-state index in [4.69, 9.17) is 4.98 Å². The van der Waals surface area contributed by atoms with Crippen molar-refractivity contribution in [2.45, 2.75) is 58.4 Å². The van der Waals surface area contributed by atoms with E-state index in [1.807, 2.05) is 6.20 Å². The maximum absolute atomic E-state index is 4.73. The largest absolute Gasteiger partial charge is 0.361 e. The minimum absolute atomic E-state index is 0.195. The van der Waals surface area contributed by atoms with Crippen molar-refractivity contribution < 1.29 is 0 Å². The van der Waals surface area contributed by atoms with Crippen molar-refractivity contribution in [2.24, 2.45) is 0 Å². The molecule has 22 heavy (non-hydrogen) atoms. The fraction of sp³-hybridized carbons (Fsp3) is 0.588. The van der Waals surface area contributed by atoms with E-state index in [9.17, 15) is 0 Å². The van der Waals surface area contributed by atoms with E-state index in [1.165, 1.54) is 36.9 Å². The molecule has 2 aromatic rings. The van der Waals surface area contributed by atoms with E-state index in [0.717, 1.165) is 30.6 Å². The first kappa shape index (κ1) is 13.7. The quantitative estimate of drug-likeness (QED) is 0.870. The predicted molar refractivity (Wildman–Crippen MR) is 86.4 cm³/mol. The van der Waals surface area contributed by atoms with Crippen molar-refractivity contribution in [3.63, 3.8) is 0 Å². The molecule has 0 aromatic carbocycles. The van der Waals surface area contributed by atoms with Gasteiger partial charge in [0.25, 0.3) is 0 Å². The van der Waals surface area contributed by atoms with Crippen molar-refractivity contribution in [2.75, 3.05) is 11.4 Å². The zero-order chi connectivity index (χ0) is 15.3. The molecule has 0 spiro atoms. The maximum atomic E-state index is 4.73. The molecule has 116 valence electrons. The molecular weight excluding hydrogens is 274 g/mol. The summed E-state index contributed by atoms with van der Waals surface area (Å²) in [6.07, 6.45) is 6.73. The minimum Gasteiger partial charge on any atom is -0.361 e. The Balaban J connectivity index is 1.83. The van der Waals surface area contributed by atoms with Crippen LogP contribution in [0.4, 0.5) is 5.69 Å². The Bertz CT molecular complexity index is 714. The normalized spacial score (nSPS) is 18.0. The van der Waals surface area contributed by atoms with Gasteiger partial charge in [0.15, 0.2) is 11.6 Å². The zero-order valence-corrected chi connectivity index (χ0v) is 13.6. The summed E-state index contributed by atoms with van der Waals surface area (Å²) < 4.78 is 2.21. The second kappa shape index (κ2) is 4.80. The number of hydrogen-bond acceptors (Lipinski definition) is 4. The van der Waals surface area contributed by atoms with Crippen LogP contribution in [-0.4, -0.2) is 26.3 Å². The molecule has 1 aliphatic carbocycles. The monoisotopic (exact) mass is 297 g/mol. The highest BCUT2D eigenvalue weighted by molar-refractivity contribution is 5.63. The van der Waals surface area contributed by atoms with E-state index in [2.05, 4.69) is 46.5 Å². The Morgan fingerprint density at radius 2 is 2.09 bits per heavy atom. The van der Waals surface area contributed by atoms with Gasteiger partial charge in [0.1, 0.15) is 5.82 Å². The number of pyridine rings is 1. The molecule has 1 saturated carbocycles. The average molecular weight is 297 g/mol. The summed E-state index contributed by atoms with van der Waals surface area (Å²) in [5.74, 6) is 3.13. The van der Waals surface area contributed by atoms with Gasteiger partial charge in [-0.25, -0.2) is 4.98 Å². The number of aryl methyl sites for hydroxylation is 1. The van der Waals surface area contributed by atoms with Crippen molar-refractivity contribution in [1.29, 1.82) is 0 Å². The van der Waals surface area contributed by atoms with Gasteiger partial charge in [0, 0.05) is 18.2 Å². The molecule has 0 unspecified atom stereocenters. The Morgan fingerprint density at radius 1 is 1.27 bits per heavy atom. The van der Waals surface area contributed by atoms with Gasteiger partial charge in [-0.3, -0.25) is 4.57 Å². The first-order valence-corrected chi connectivity index (χ1v) is 8.29. The van der Waals surface area contributed by atoms with Gasteiger partial charge in [-0.1, -0.05) is 20.3 Å². The Labute approximate surface area is 131 Å². The third-order valence-corrected chi connectivity index (χ3v) is 4.92. The van der Waals surface area contributed by atoms with Crippen molar-refractivity contribution in [3.8, 4) is 5.82 Å². The molecule has 5 nitrogen and oxygen atoms in total. The third-order valence-electron chi connectivity index (χ3n) is 4.92. The van der Waals surface area contributed by atoms with Crippen LogP contribution in [0.3, 0.4) is 0 Å². The second-order valence-electron chi connectivity index (χ2n) is 6.97. The Hall–Kier alpha value is -1.91. The number of nitrogens with zero attached hydrogens (tertiary/aromatic N) is 5. The summed E-state index contributed by atoms with van der Waals surface area (Å²) in [6, 6.07) is 2.25. The summed E-state index contributed by atoms with van der Waals surface area (Å²) in [6.45, 7) is 8.50. The number of unbranched alkanes of at least 4 members (excludes halogenated alkanes) is 1. The molecule has 0 amide bonds. The highest BCUT2D eigenvalue weighted by Gasteiger charge is 2.45. The summed E-state index contributed by atoms with van der Waals surface area (Å²) in [7, 11) is 0. The zero-order valence-electron chi connectivity index (χ0n) is 13.6. The van der Waals surface area contributed by atoms with E-state index in [-0.39, 0.29) is 5.41 Å². The van der Waals surface area contributed by atoms with Gasteiger partial charge in [-0.15, -0.1) is 10.2 Å². The summed E-state index contributed by atoms with van der Waals surface area (Å²) in [5, 5.41) is 8.99. The first-order valence-electron chi connectivity index (χ1n) is 8.29. The summed E-state index contributed by atoms with van der Waals surface area (Å²) in [4.78, 5) is 7.14. The van der Waals surface area contributed by atoms with Crippen LogP contribution in [0.5, 0.6) is 0 Å². The number of aromatic nitrogens is 4. The molecular formula is C17H23N5. The van der Waals surface area contributed by atoms with Gasteiger partial charge < -0.3 is 4.90 Å². The van der Waals surface area contributed by atoms with Gasteiger partial charge in [-0.05, 0) is 37.8 Å². The van der Waals surface area contributed by atoms with Crippen LogP contribution in [0.2, 0.25) is 0 Å². The standard InChI is InChI=1S/C17H23N5/c1-4-5-8-21-11-14-19-20-16(17(3)6-7-17)22(14)15-13(21)9-12(2)10-18-15/h9-10H,4-8,11H2,1-3H3. The van der Waals surface area contributed by atoms with Crippen LogP contribution in [0.15, 0.2) is 12.3 Å². The summed E-state index contributed by atoms with van der Waals surface area (Å²) >= 11 is 0. The molecule has 3 heterocycles. The molecule has 0 radical (unpaired) electrons. The van der Waals surface area contributed by atoms with Gasteiger partial charge >= 0.3 is 0 Å². The molecule has 0 saturated heterocycles. The van der Waals surface area contributed by atoms with Crippen LogP contribution in [0.1, 0.15) is 56.7 Å². The van der Waals surface area contributed by atoms with Gasteiger partial charge in [0.2, 0.25) is 0 Å². The van der Waals surface area contributed by atoms with Crippen LogP contribution in [-0.2, 0) is 12.0 Å². The first-order chi connectivity index (χ1) is 10.6. The van der Waals surface area contributed by atoms with Gasteiger partial charge in [-0.2, -0.15) is 0 Å². The van der Waals surface area contributed by atoms with Crippen LogP contribution >= 0.6 is 0 Å². The van der Waals surface area contributed by atoms with E-state index < -0.39 is 0 Å². The predicted octanol–water partition coefficient (Wildman–Crippen LogP) is 3.14. The average Bonchev–Trinajstić information content (AvgIpc) is 3.10.